The molecule has 2 aromatic rings. The fourth-order valence-electron chi connectivity index (χ4n) is 1.43. The summed E-state index contributed by atoms with van der Waals surface area (Å²) in [5, 5.41) is 10.4. The second-order valence-corrected chi connectivity index (χ2v) is 3.62. The van der Waals surface area contributed by atoms with E-state index >= 15 is 0 Å². The third-order valence-corrected chi connectivity index (χ3v) is 2.33. The largest absolute Gasteiger partial charge is 0.484 e. The summed E-state index contributed by atoms with van der Waals surface area (Å²) in [5.74, 6) is -1.80. The second-order valence-electron chi connectivity index (χ2n) is 3.62. The average molecular weight is 266 g/mol. The van der Waals surface area contributed by atoms with Gasteiger partial charge >= 0.3 is 5.69 Å². The van der Waals surface area contributed by atoms with E-state index < -0.39 is 22.4 Å². The summed E-state index contributed by atoms with van der Waals surface area (Å²) in [6, 6.07) is 6.23. The highest BCUT2D eigenvalue weighted by molar-refractivity contribution is 5.35. The minimum absolute atomic E-state index is 0.0683. The van der Waals surface area contributed by atoms with Crippen molar-refractivity contribution < 1.29 is 18.4 Å². The quantitative estimate of drug-likeness (QED) is 0.485. The normalized spacial score (nSPS) is 10.2. The highest BCUT2D eigenvalue weighted by Gasteiger charge is 2.14. The van der Waals surface area contributed by atoms with E-state index in [9.17, 15) is 18.9 Å². The van der Waals surface area contributed by atoms with Gasteiger partial charge in [0.05, 0.1) is 4.92 Å². The predicted molar refractivity (Wildman–Crippen MR) is 61.6 cm³/mol. The van der Waals surface area contributed by atoms with Crippen LogP contribution in [0.25, 0.3) is 0 Å². The van der Waals surface area contributed by atoms with E-state index in [1.54, 1.807) is 0 Å². The Morgan fingerprint density at radius 3 is 2.74 bits per heavy atom. The fourth-order valence-corrected chi connectivity index (χ4v) is 1.43. The number of halogens is 2. The number of nitrogens with zero attached hydrogens (tertiary/aromatic N) is 2. The van der Waals surface area contributed by atoms with Gasteiger partial charge in [-0.05, 0) is 29.8 Å². The van der Waals surface area contributed by atoms with Crippen LogP contribution in [0.15, 0.2) is 36.5 Å². The molecule has 0 atom stereocenters. The lowest BCUT2D eigenvalue weighted by Crippen LogP contribution is -2.00. The van der Waals surface area contributed by atoms with Crippen molar-refractivity contribution in [2.45, 2.75) is 6.61 Å². The molecule has 0 saturated carbocycles. The van der Waals surface area contributed by atoms with E-state index in [1.807, 2.05) is 0 Å². The molecular formula is C12H8F2N2O3. The van der Waals surface area contributed by atoms with Crippen molar-refractivity contribution in [1.29, 1.82) is 0 Å². The maximum absolute atomic E-state index is 13.3. The van der Waals surface area contributed by atoms with Gasteiger partial charge in [-0.15, -0.1) is 0 Å². The first-order valence-electron chi connectivity index (χ1n) is 5.24. The van der Waals surface area contributed by atoms with Gasteiger partial charge in [-0.2, -0.15) is 8.78 Å². The van der Waals surface area contributed by atoms with Crippen molar-refractivity contribution in [1.82, 2.24) is 4.98 Å². The van der Waals surface area contributed by atoms with Crippen LogP contribution in [0.4, 0.5) is 14.5 Å². The molecule has 7 heteroatoms. The Morgan fingerprint density at radius 1 is 1.32 bits per heavy atom. The van der Waals surface area contributed by atoms with Gasteiger partial charge in [-0.1, -0.05) is 0 Å². The maximum Gasteiger partial charge on any atom is 0.304 e. The predicted octanol–water partition coefficient (Wildman–Crippen LogP) is 2.85. The number of aromatic nitrogens is 1. The molecule has 0 aliphatic heterocycles. The molecule has 0 spiro atoms. The summed E-state index contributed by atoms with van der Waals surface area (Å²) >= 11 is 0. The zero-order valence-corrected chi connectivity index (χ0v) is 9.55. The van der Waals surface area contributed by atoms with E-state index in [0.29, 0.717) is 5.56 Å². The second kappa shape index (κ2) is 5.38. The highest BCUT2D eigenvalue weighted by atomic mass is 19.1. The fraction of sp³-hybridized carbons (Fsp3) is 0.0833. The molecule has 0 amide bonds. The van der Waals surface area contributed by atoms with Crippen LogP contribution in [0.3, 0.4) is 0 Å². The zero-order valence-electron chi connectivity index (χ0n) is 9.55. The van der Waals surface area contributed by atoms with Crippen molar-refractivity contribution >= 4 is 5.69 Å². The molecule has 0 N–H and O–H groups in total. The van der Waals surface area contributed by atoms with Gasteiger partial charge in [-0.25, -0.2) is 4.98 Å². The number of pyridine rings is 1. The van der Waals surface area contributed by atoms with Gasteiger partial charge in [0.15, 0.2) is 5.75 Å². The molecule has 1 aromatic heterocycles. The SMILES string of the molecule is O=[N+]([O-])c1ccc(COc2cccnc2F)cc1F. The Morgan fingerprint density at radius 2 is 2.11 bits per heavy atom. The average Bonchev–Trinajstić information content (AvgIpc) is 2.37. The van der Waals surface area contributed by atoms with Gasteiger partial charge in [0, 0.05) is 12.3 Å². The van der Waals surface area contributed by atoms with Crippen molar-refractivity contribution in [2.75, 3.05) is 0 Å². The van der Waals surface area contributed by atoms with Gasteiger partial charge in [0.1, 0.15) is 6.61 Å². The first-order chi connectivity index (χ1) is 9.08. The van der Waals surface area contributed by atoms with E-state index in [2.05, 4.69) is 4.98 Å². The van der Waals surface area contributed by atoms with E-state index in [1.165, 1.54) is 24.4 Å². The lowest BCUT2D eigenvalue weighted by Gasteiger charge is -2.06. The molecule has 98 valence electrons. The number of benzene rings is 1. The molecule has 5 nitrogen and oxygen atoms in total. The van der Waals surface area contributed by atoms with Crippen LogP contribution in [0.5, 0.6) is 5.75 Å². The number of nitro groups is 1. The highest BCUT2D eigenvalue weighted by Crippen LogP contribution is 2.20. The Balaban J connectivity index is 2.11. The lowest BCUT2D eigenvalue weighted by molar-refractivity contribution is -0.387. The summed E-state index contributed by atoms with van der Waals surface area (Å²) in [7, 11) is 0. The number of nitro benzene ring substituents is 1. The summed E-state index contributed by atoms with van der Waals surface area (Å²) in [5.41, 5.74) is -0.261. The molecular weight excluding hydrogens is 258 g/mol. The maximum atomic E-state index is 13.3. The molecule has 0 radical (unpaired) electrons. The zero-order chi connectivity index (χ0) is 13.8. The van der Waals surface area contributed by atoms with Crippen LogP contribution in [0.2, 0.25) is 0 Å². The number of ether oxygens (including phenoxy) is 1. The minimum Gasteiger partial charge on any atom is -0.484 e. The smallest absolute Gasteiger partial charge is 0.304 e. The molecule has 1 heterocycles. The topological polar surface area (TPSA) is 65.3 Å². The van der Waals surface area contributed by atoms with Gasteiger partial charge in [-0.3, -0.25) is 10.1 Å². The van der Waals surface area contributed by atoms with Crippen LogP contribution in [-0.2, 0) is 6.61 Å². The summed E-state index contributed by atoms with van der Waals surface area (Å²) in [6.07, 6.45) is 1.27. The van der Waals surface area contributed by atoms with Crippen molar-refractivity contribution in [3.63, 3.8) is 0 Å². The number of hydrogen-bond donors (Lipinski definition) is 0. The third-order valence-electron chi connectivity index (χ3n) is 2.33. The standard InChI is InChI=1S/C12H8F2N2O3/c13-9-6-8(3-4-10(9)16(17)18)7-19-11-2-1-5-15-12(11)14/h1-6H,7H2. The monoisotopic (exact) mass is 266 g/mol. The van der Waals surface area contributed by atoms with Gasteiger partial charge in [0.2, 0.25) is 5.82 Å². The van der Waals surface area contributed by atoms with Gasteiger partial charge in [0.25, 0.3) is 5.95 Å². The van der Waals surface area contributed by atoms with Crippen LogP contribution in [0.1, 0.15) is 5.56 Å². The number of hydrogen-bond acceptors (Lipinski definition) is 4. The van der Waals surface area contributed by atoms with E-state index in [4.69, 9.17) is 4.74 Å². The van der Waals surface area contributed by atoms with Crippen LogP contribution in [-0.4, -0.2) is 9.91 Å². The lowest BCUT2D eigenvalue weighted by atomic mass is 10.2. The van der Waals surface area contributed by atoms with Crippen molar-refractivity contribution in [3.05, 3.63) is 64.0 Å². The Hall–Kier alpha value is -2.57. The van der Waals surface area contributed by atoms with E-state index in [-0.39, 0.29) is 12.4 Å². The third kappa shape index (κ3) is 3.01. The Bertz CT molecular complexity index is 620. The summed E-state index contributed by atoms with van der Waals surface area (Å²) < 4.78 is 31.6. The van der Waals surface area contributed by atoms with Crippen LogP contribution in [0, 0.1) is 21.9 Å². The van der Waals surface area contributed by atoms with Gasteiger partial charge < -0.3 is 4.74 Å². The van der Waals surface area contributed by atoms with Crippen molar-refractivity contribution in [3.8, 4) is 5.75 Å². The van der Waals surface area contributed by atoms with Crippen LogP contribution >= 0.6 is 0 Å². The molecule has 0 bridgehead atoms. The summed E-state index contributed by atoms with van der Waals surface area (Å²) in [6.45, 7) is -0.114. The van der Waals surface area contributed by atoms with Crippen molar-refractivity contribution in [2.24, 2.45) is 0 Å². The first kappa shape index (κ1) is 12.9. The summed E-state index contributed by atoms with van der Waals surface area (Å²) in [4.78, 5) is 13.0. The number of rotatable bonds is 4. The molecule has 2 rings (SSSR count). The molecule has 19 heavy (non-hydrogen) atoms. The Kier molecular flexibility index (Phi) is 3.65. The molecule has 0 fully saturated rings. The molecule has 1 aromatic carbocycles. The molecule has 0 saturated heterocycles. The molecule has 0 aliphatic carbocycles. The minimum atomic E-state index is -0.960. The van der Waals surface area contributed by atoms with E-state index in [0.717, 1.165) is 12.1 Å². The molecule has 0 unspecified atom stereocenters. The Labute approximate surface area is 106 Å². The van der Waals surface area contributed by atoms with Crippen LogP contribution < -0.4 is 4.74 Å². The molecule has 0 aliphatic rings. The first-order valence-corrected chi connectivity index (χ1v) is 5.24.